The first-order valence-corrected chi connectivity index (χ1v) is 10.6. The van der Waals surface area contributed by atoms with E-state index in [9.17, 15) is 9.59 Å². The second kappa shape index (κ2) is 12.4. The fourth-order valence-corrected chi connectivity index (χ4v) is 3.42. The first-order chi connectivity index (χ1) is 13.2. The number of benzene rings is 1. The normalized spacial score (nSPS) is 14.5. The number of hydrogen-bond acceptors (Lipinski definition) is 3. The number of amides is 2. The second-order valence-corrected chi connectivity index (χ2v) is 7.40. The van der Waals surface area contributed by atoms with Crippen molar-refractivity contribution in [3.8, 4) is 0 Å². The van der Waals surface area contributed by atoms with Crippen LogP contribution >= 0.6 is 0 Å². The maximum atomic E-state index is 12.7. The molecule has 0 aromatic heterocycles. The molecule has 1 aliphatic heterocycles. The van der Waals surface area contributed by atoms with Crippen LogP contribution in [0.25, 0.3) is 0 Å². The number of rotatable bonds is 10. The topological polar surface area (TPSA) is 61.4 Å². The molecule has 5 heteroatoms. The van der Waals surface area contributed by atoms with E-state index in [1.54, 1.807) is 0 Å². The van der Waals surface area contributed by atoms with Crippen molar-refractivity contribution in [3.05, 3.63) is 29.8 Å². The highest BCUT2D eigenvalue weighted by Crippen LogP contribution is 2.16. The smallest absolute Gasteiger partial charge is 0.253 e. The predicted octanol–water partition coefficient (Wildman–Crippen LogP) is 4.20. The molecule has 1 aliphatic rings. The molecular formula is C22H35N3O2. The van der Waals surface area contributed by atoms with E-state index < -0.39 is 0 Å². The number of unbranched alkanes of at least 4 members (excludes halogenated alkanes) is 4. The molecule has 27 heavy (non-hydrogen) atoms. The molecule has 0 saturated carbocycles. The quantitative estimate of drug-likeness (QED) is 0.604. The molecule has 1 aromatic rings. The van der Waals surface area contributed by atoms with Gasteiger partial charge in [0, 0.05) is 30.9 Å². The lowest BCUT2D eigenvalue weighted by Crippen LogP contribution is -2.32. The molecule has 1 fully saturated rings. The minimum absolute atomic E-state index is 0.00487. The van der Waals surface area contributed by atoms with Gasteiger partial charge >= 0.3 is 0 Å². The van der Waals surface area contributed by atoms with Crippen molar-refractivity contribution in [1.29, 1.82) is 0 Å². The zero-order chi connectivity index (χ0) is 19.3. The molecule has 2 rings (SSSR count). The molecule has 0 radical (unpaired) electrons. The Morgan fingerprint density at radius 3 is 2.48 bits per heavy atom. The van der Waals surface area contributed by atoms with Gasteiger partial charge in [-0.3, -0.25) is 9.59 Å². The Morgan fingerprint density at radius 1 is 1.00 bits per heavy atom. The van der Waals surface area contributed by atoms with Crippen molar-refractivity contribution in [2.75, 3.05) is 31.5 Å². The summed E-state index contributed by atoms with van der Waals surface area (Å²) in [4.78, 5) is 26.6. The summed E-state index contributed by atoms with van der Waals surface area (Å²) in [5, 5.41) is 6.08. The van der Waals surface area contributed by atoms with Crippen LogP contribution in [0.2, 0.25) is 0 Å². The number of carbonyl (C=O) groups excluding carboxylic acids is 2. The Labute approximate surface area is 163 Å². The number of carbonyl (C=O) groups is 2. The molecule has 0 bridgehead atoms. The third-order valence-corrected chi connectivity index (χ3v) is 5.06. The first-order valence-electron chi connectivity index (χ1n) is 10.6. The predicted molar refractivity (Wildman–Crippen MR) is 111 cm³/mol. The molecule has 1 heterocycles. The second-order valence-electron chi connectivity index (χ2n) is 7.40. The van der Waals surface area contributed by atoms with E-state index >= 15 is 0 Å². The molecule has 150 valence electrons. The highest BCUT2D eigenvalue weighted by atomic mass is 16.2. The summed E-state index contributed by atoms with van der Waals surface area (Å²) in [6, 6.07) is 7.48. The van der Waals surface area contributed by atoms with Crippen LogP contribution in [0.4, 0.5) is 5.69 Å². The van der Waals surface area contributed by atoms with Crippen LogP contribution in [-0.2, 0) is 4.79 Å². The summed E-state index contributed by atoms with van der Waals surface area (Å²) in [7, 11) is 0. The molecule has 1 saturated heterocycles. The van der Waals surface area contributed by atoms with Crippen LogP contribution in [0, 0.1) is 0 Å². The van der Waals surface area contributed by atoms with Gasteiger partial charge in [-0.2, -0.15) is 0 Å². The molecule has 0 aliphatic carbocycles. The molecule has 0 unspecified atom stereocenters. The van der Waals surface area contributed by atoms with Crippen LogP contribution in [0.15, 0.2) is 24.3 Å². The summed E-state index contributed by atoms with van der Waals surface area (Å²) < 4.78 is 0. The summed E-state index contributed by atoms with van der Waals surface area (Å²) in [5.74, 6) is 0.0896. The third kappa shape index (κ3) is 8.02. The number of nitrogens with one attached hydrogen (secondary N) is 2. The fourth-order valence-electron chi connectivity index (χ4n) is 3.42. The van der Waals surface area contributed by atoms with Crippen LogP contribution in [0.1, 0.15) is 75.1 Å². The number of hydrogen-bond donors (Lipinski definition) is 2. The average molecular weight is 374 g/mol. The monoisotopic (exact) mass is 373 g/mol. The van der Waals surface area contributed by atoms with Crippen LogP contribution in [0.3, 0.4) is 0 Å². The SMILES string of the molecule is CCCCCCCNC(=O)CNc1cccc(C(=O)N2CCCCCC2)c1. The highest BCUT2D eigenvalue weighted by Gasteiger charge is 2.17. The Balaban J connectivity index is 1.74. The van der Waals surface area contributed by atoms with Gasteiger partial charge in [-0.15, -0.1) is 0 Å². The van der Waals surface area contributed by atoms with E-state index in [2.05, 4.69) is 17.6 Å². The zero-order valence-electron chi connectivity index (χ0n) is 16.8. The summed E-state index contributed by atoms with van der Waals surface area (Å²) in [6.07, 6.45) is 10.5. The van der Waals surface area contributed by atoms with Crippen LogP contribution in [-0.4, -0.2) is 42.9 Å². The van der Waals surface area contributed by atoms with E-state index in [-0.39, 0.29) is 18.4 Å². The molecule has 0 spiro atoms. The third-order valence-electron chi connectivity index (χ3n) is 5.06. The van der Waals surface area contributed by atoms with Crippen LogP contribution < -0.4 is 10.6 Å². The van der Waals surface area contributed by atoms with E-state index in [4.69, 9.17) is 0 Å². The van der Waals surface area contributed by atoms with Crippen molar-refractivity contribution in [2.24, 2.45) is 0 Å². The maximum absolute atomic E-state index is 12.7. The zero-order valence-corrected chi connectivity index (χ0v) is 16.8. The Morgan fingerprint density at radius 2 is 1.74 bits per heavy atom. The highest BCUT2D eigenvalue weighted by molar-refractivity contribution is 5.95. The number of nitrogens with zero attached hydrogens (tertiary/aromatic N) is 1. The molecule has 0 atom stereocenters. The molecular weight excluding hydrogens is 338 g/mol. The fraction of sp³-hybridized carbons (Fsp3) is 0.636. The standard InChI is InChI=1S/C22H35N3O2/c1-2-3-4-5-8-14-23-21(26)18-24-20-13-11-12-19(17-20)22(27)25-15-9-6-7-10-16-25/h11-13,17,24H,2-10,14-16,18H2,1H3,(H,23,26). The minimum Gasteiger partial charge on any atom is -0.376 e. The Hall–Kier alpha value is -2.04. The summed E-state index contributed by atoms with van der Waals surface area (Å²) in [5.41, 5.74) is 1.51. The van der Waals surface area contributed by atoms with Crippen molar-refractivity contribution in [1.82, 2.24) is 10.2 Å². The van der Waals surface area contributed by atoms with E-state index in [1.807, 2.05) is 29.2 Å². The van der Waals surface area contributed by atoms with E-state index in [0.717, 1.165) is 44.6 Å². The van der Waals surface area contributed by atoms with Gasteiger partial charge in [0.05, 0.1) is 6.54 Å². The van der Waals surface area contributed by atoms with E-state index in [1.165, 1.54) is 38.5 Å². The van der Waals surface area contributed by atoms with Gasteiger partial charge in [0.15, 0.2) is 0 Å². The summed E-state index contributed by atoms with van der Waals surface area (Å²) >= 11 is 0. The lowest BCUT2D eigenvalue weighted by Gasteiger charge is -2.20. The van der Waals surface area contributed by atoms with Crippen molar-refractivity contribution < 1.29 is 9.59 Å². The van der Waals surface area contributed by atoms with Gasteiger partial charge in [0.25, 0.3) is 5.91 Å². The average Bonchev–Trinajstić information content (AvgIpc) is 2.98. The Kier molecular flexibility index (Phi) is 9.74. The molecule has 5 nitrogen and oxygen atoms in total. The molecule has 1 aromatic carbocycles. The number of anilines is 1. The van der Waals surface area contributed by atoms with E-state index in [0.29, 0.717) is 5.56 Å². The van der Waals surface area contributed by atoms with Gasteiger partial charge in [-0.25, -0.2) is 0 Å². The minimum atomic E-state index is -0.00487. The largest absolute Gasteiger partial charge is 0.376 e. The van der Waals surface area contributed by atoms with Crippen LogP contribution in [0.5, 0.6) is 0 Å². The lowest BCUT2D eigenvalue weighted by molar-refractivity contribution is -0.119. The maximum Gasteiger partial charge on any atom is 0.253 e. The Bertz CT molecular complexity index is 581. The molecule has 2 amide bonds. The lowest BCUT2D eigenvalue weighted by atomic mass is 10.1. The van der Waals surface area contributed by atoms with Crippen molar-refractivity contribution >= 4 is 17.5 Å². The van der Waals surface area contributed by atoms with Gasteiger partial charge in [0.2, 0.25) is 5.91 Å². The number of likely N-dealkylation sites (tertiary alicyclic amines) is 1. The first kappa shape index (κ1) is 21.3. The van der Waals surface area contributed by atoms with Crippen molar-refractivity contribution in [3.63, 3.8) is 0 Å². The van der Waals surface area contributed by atoms with Gasteiger partial charge in [-0.05, 0) is 37.5 Å². The van der Waals surface area contributed by atoms with Gasteiger partial charge in [0.1, 0.15) is 0 Å². The van der Waals surface area contributed by atoms with Gasteiger partial charge in [-0.1, -0.05) is 51.5 Å². The van der Waals surface area contributed by atoms with Gasteiger partial charge < -0.3 is 15.5 Å². The van der Waals surface area contributed by atoms with Crippen molar-refractivity contribution in [2.45, 2.75) is 64.7 Å². The molecule has 2 N–H and O–H groups in total. The summed E-state index contributed by atoms with van der Waals surface area (Å²) in [6.45, 7) is 4.85.